The van der Waals surface area contributed by atoms with Gasteiger partial charge in [-0.1, -0.05) is 29.4 Å². The molecule has 146 valence electrons. The molecule has 3 heterocycles. The molecule has 3 aromatic rings. The highest BCUT2D eigenvalue weighted by Crippen LogP contribution is 2.37. The topological polar surface area (TPSA) is 81.6 Å². The Kier molecular flexibility index (Phi) is 4.90. The van der Waals surface area contributed by atoms with Gasteiger partial charge >= 0.3 is 0 Å². The molecule has 0 radical (unpaired) electrons. The van der Waals surface area contributed by atoms with Crippen LogP contribution in [0.1, 0.15) is 53.3 Å². The van der Waals surface area contributed by atoms with E-state index in [0.29, 0.717) is 23.7 Å². The number of para-hydroxylation sites is 1. The van der Waals surface area contributed by atoms with Crippen molar-refractivity contribution < 1.29 is 18.6 Å². The first-order chi connectivity index (χ1) is 13.6. The first-order valence-corrected chi connectivity index (χ1v) is 9.50. The Hall–Kier alpha value is -3.09. The summed E-state index contributed by atoms with van der Waals surface area (Å²) < 4.78 is 16.3. The molecule has 1 atom stereocenters. The summed E-state index contributed by atoms with van der Waals surface area (Å²) in [6.07, 6.45) is 2.57. The van der Waals surface area contributed by atoms with E-state index in [-0.39, 0.29) is 11.9 Å². The molecule has 1 aliphatic heterocycles. The summed E-state index contributed by atoms with van der Waals surface area (Å²) in [4.78, 5) is 15.0. The quantitative estimate of drug-likeness (QED) is 0.659. The van der Waals surface area contributed by atoms with Crippen LogP contribution in [0.15, 0.2) is 39.4 Å². The standard InChI is InChI=1S/C21H23N3O4/c1-4-17-20(13(2)22-27-17)16-9-7-11-24(16)21(25)15-12-19(28-23-15)14-8-5-6-10-18(14)26-3/h5-6,8,10,12,16H,4,7,9,11H2,1-3H3. The maximum Gasteiger partial charge on any atom is 0.276 e. The third-order valence-corrected chi connectivity index (χ3v) is 5.25. The van der Waals surface area contributed by atoms with E-state index in [9.17, 15) is 4.79 Å². The monoisotopic (exact) mass is 381 g/mol. The summed E-state index contributed by atoms with van der Waals surface area (Å²) in [5, 5.41) is 8.13. The van der Waals surface area contributed by atoms with Gasteiger partial charge in [0.25, 0.3) is 5.91 Å². The molecule has 1 amide bonds. The van der Waals surface area contributed by atoms with Gasteiger partial charge in [0.05, 0.1) is 24.4 Å². The second kappa shape index (κ2) is 7.50. The molecule has 0 spiro atoms. The van der Waals surface area contributed by atoms with E-state index in [0.717, 1.165) is 41.8 Å². The van der Waals surface area contributed by atoms with Crippen LogP contribution in [-0.2, 0) is 6.42 Å². The van der Waals surface area contributed by atoms with E-state index in [1.165, 1.54) is 0 Å². The van der Waals surface area contributed by atoms with Crippen LogP contribution in [-0.4, -0.2) is 34.8 Å². The van der Waals surface area contributed by atoms with E-state index in [1.54, 1.807) is 13.2 Å². The fraction of sp³-hybridized carbons (Fsp3) is 0.381. The first kappa shape index (κ1) is 18.3. The van der Waals surface area contributed by atoms with Gasteiger partial charge in [-0.25, -0.2) is 0 Å². The molecule has 1 aliphatic rings. The Morgan fingerprint density at radius 1 is 1.29 bits per heavy atom. The van der Waals surface area contributed by atoms with Gasteiger partial charge < -0.3 is 18.7 Å². The molecule has 2 aromatic heterocycles. The normalized spacial score (nSPS) is 16.5. The number of carbonyl (C=O) groups is 1. The van der Waals surface area contributed by atoms with E-state index >= 15 is 0 Å². The number of hydrogen-bond donors (Lipinski definition) is 0. The van der Waals surface area contributed by atoms with Crippen molar-refractivity contribution in [2.24, 2.45) is 0 Å². The summed E-state index contributed by atoms with van der Waals surface area (Å²) in [6, 6.07) is 9.12. The van der Waals surface area contributed by atoms with E-state index in [2.05, 4.69) is 10.3 Å². The lowest BCUT2D eigenvalue weighted by molar-refractivity contribution is 0.0724. The van der Waals surface area contributed by atoms with Crippen molar-refractivity contribution in [2.45, 2.75) is 39.2 Å². The van der Waals surface area contributed by atoms with Crippen molar-refractivity contribution in [1.82, 2.24) is 15.2 Å². The Bertz CT molecular complexity index is 991. The van der Waals surface area contributed by atoms with E-state index in [1.807, 2.05) is 43.0 Å². The molecule has 7 nitrogen and oxygen atoms in total. The van der Waals surface area contributed by atoms with Crippen molar-refractivity contribution >= 4 is 5.91 Å². The largest absolute Gasteiger partial charge is 0.496 e. The average Bonchev–Trinajstić information content (AvgIpc) is 3.46. The van der Waals surface area contributed by atoms with Crippen LogP contribution in [0.25, 0.3) is 11.3 Å². The van der Waals surface area contributed by atoms with Gasteiger partial charge in [-0.15, -0.1) is 0 Å². The zero-order chi connectivity index (χ0) is 19.7. The minimum Gasteiger partial charge on any atom is -0.496 e. The highest BCUT2D eigenvalue weighted by atomic mass is 16.5. The number of rotatable bonds is 5. The van der Waals surface area contributed by atoms with Crippen LogP contribution in [0.2, 0.25) is 0 Å². The number of benzene rings is 1. The van der Waals surface area contributed by atoms with E-state index in [4.69, 9.17) is 13.8 Å². The minimum atomic E-state index is -0.143. The van der Waals surface area contributed by atoms with Gasteiger partial charge in [-0.2, -0.15) is 0 Å². The van der Waals surface area contributed by atoms with Gasteiger partial charge in [-0.3, -0.25) is 4.79 Å². The third-order valence-electron chi connectivity index (χ3n) is 5.25. The lowest BCUT2D eigenvalue weighted by Crippen LogP contribution is -2.31. The Balaban J connectivity index is 1.63. The number of aromatic nitrogens is 2. The molecule has 0 N–H and O–H groups in total. The zero-order valence-corrected chi connectivity index (χ0v) is 16.3. The van der Waals surface area contributed by atoms with Gasteiger partial charge in [-0.05, 0) is 31.9 Å². The zero-order valence-electron chi connectivity index (χ0n) is 16.3. The smallest absolute Gasteiger partial charge is 0.276 e. The van der Waals surface area contributed by atoms with Crippen LogP contribution >= 0.6 is 0 Å². The van der Waals surface area contributed by atoms with Crippen LogP contribution in [0.4, 0.5) is 0 Å². The number of ether oxygens (including phenoxy) is 1. The van der Waals surface area contributed by atoms with Crippen molar-refractivity contribution in [2.75, 3.05) is 13.7 Å². The molecule has 0 saturated carbocycles. The predicted octanol–water partition coefficient (Wildman–Crippen LogP) is 4.19. The molecule has 0 bridgehead atoms. The maximum atomic E-state index is 13.2. The summed E-state index contributed by atoms with van der Waals surface area (Å²) in [5.74, 6) is 1.88. The first-order valence-electron chi connectivity index (χ1n) is 9.50. The van der Waals surface area contributed by atoms with Gasteiger partial charge in [0, 0.05) is 24.6 Å². The number of aryl methyl sites for hydroxylation is 2. The molecule has 1 saturated heterocycles. The molecular weight excluding hydrogens is 358 g/mol. The van der Waals surface area contributed by atoms with Gasteiger partial charge in [0.2, 0.25) is 0 Å². The molecular formula is C21H23N3O4. The maximum absolute atomic E-state index is 13.2. The molecule has 28 heavy (non-hydrogen) atoms. The fourth-order valence-electron chi connectivity index (χ4n) is 3.91. The van der Waals surface area contributed by atoms with Crippen molar-refractivity contribution in [1.29, 1.82) is 0 Å². The molecule has 1 unspecified atom stereocenters. The Labute approximate surface area is 163 Å². The SMILES string of the molecule is CCc1onc(C)c1C1CCCN1C(=O)c1cc(-c2ccccc2OC)on1. The number of methoxy groups -OCH3 is 1. The minimum absolute atomic E-state index is 0.0416. The fourth-order valence-corrected chi connectivity index (χ4v) is 3.91. The lowest BCUT2D eigenvalue weighted by Gasteiger charge is -2.24. The summed E-state index contributed by atoms with van der Waals surface area (Å²) in [6.45, 7) is 4.63. The van der Waals surface area contributed by atoms with Crippen LogP contribution in [0.3, 0.4) is 0 Å². The van der Waals surface area contributed by atoms with Crippen LogP contribution < -0.4 is 4.74 Å². The second-order valence-corrected chi connectivity index (χ2v) is 6.89. The highest BCUT2D eigenvalue weighted by molar-refractivity contribution is 5.93. The number of amides is 1. The highest BCUT2D eigenvalue weighted by Gasteiger charge is 2.36. The number of hydrogen-bond acceptors (Lipinski definition) is 6. The molecule has 7 heteroatoms. The van der Waals surface area contributed by atoms with Gasteiger partial charge in [0.15, 0.2) is 11.5 Å². The van der Waals surface area contributed by atoms with Crippen molar-refractivity contribution in [3.05, 3.63) is 53.0 Å². The van der Waals surface area contributed by atoms with Crippen molar-refractivity contribution in [3.8, 4) is 17.1 Å². The second-order valence-electron chi connectivity index (χ2n) is 6.89. The van der Waals surface area contributed by atoms with Crippen LogP contribution in [0, 0.1) is 6.92 Å². The average molecular weight is 381 g/mol. The van der Waals surface area contributed by atoms with Crippen LogP contribution in [0.5, 0.6) is 5.75 Å². The molecule has 1 fully saturated rings. The van der Waals surface area contributed by atoms with E-state index < -0.39 is 0 Å². The summed E-state index contributed by atoms with van der Waals surface area (Å²) >= 11 is 0. The summed E-state index contributed by atoms with van der Waals surface area (Å²) in [5.41, 5.74) is 2.93. The van der Waals surface area contributed by atoms with Gasteiger partial charge in [0.1, 0.15) is 11.5 Å². The number of likely N-dealkylation sites (tertiary alicyclic amines) is 1. The lowest BCUT2D eigenvalue weighted by atomic mass is 10.0. The Morgan fingerprint density at radius 2 is 2.11 bits per heavy atom. The number of carbonyl (C=O) groups excluding carboxylic acids is 1. The predicted molar refractivity (Wildman–Crippen MR) is 102 cm³/mol. The molecule has 0 aliphatic carbocycles. The third kappa shape index (κ3) is 3.06. The Morgan fingerprint density at radius 3 is 2.89 bits per heavy atom. The molecule has 4 rings (SSSR count). The molecule has 1 aromatic carbocycles. The number of nitrogens with zero attached hydrogens (tertiary/aromatic N) is 3. The van der Waals surface area contributed by atoms with Crippen molar-refractivity contribution in [3.63, 3.8) is 0 Å². The summed E-state index contributed by atoms with van der Waals surface area (Å²) in [7, 11) is 1.60.